The first kappa shape index (κ1) is 14.7. The van der Waals surface area contributed by atoms with Crippen molar-refractivity contribution in [3.8, 4) is 0 Å². The molecule has 0 radical (unpaired) electrons. The fraction of sp³-hybridized carbons (Fsp3) is 0.846. The summed E-state index contributed by atoms with van der Waals surface area (Å²) >= 11 is 1.83. The van der Waals surface area contributed by atoms with Crippen LogP contribution in [0.4, 0.5) is 0 Å². The number of hydrogen-bond donors (Lipinski definition) is 1. The molecule has 2 fully saturated rings. The molecule has 0 amide bonds. The molecule has 108 valence electrons. The molecule has 0 bridgehead atoms. The molecule has 0 aromatic rings. The van der Waals surface area contributed by atoms with Crippen molar-refractivity contribution in [2.24, 2.45) is 11.8 Å². The number of rotatable bonds is 4. The molecule has 0 saturated carbocycles. The van der Waals surface area contributed by atoms with Gasteiger partial charge in [-0.3, -0.25) is 9.59 Å². The number of carboxylic acids is 1. The second-order valence-electron chi connectivity index (χ2n) is 5.15. The third-order valence-corrected chi connectivity index (χ3v) is 5.10. The first-order valence-electron chi connectivity index (χ1n) is 6.69. The van der Waals surface area contributed by atoms with Crippen LogP contribution in [0.1, 0.15) is 26.2 Å². The Kier molecular flexibility index (Phi) is 4.73. The van der Waals surface area contributed by atoms with E-state index in [-0.39, 0.29) is 18.1 Å². The van der Waals surface area contributed by atoms with E-state index in [1.54, 1.807) is 6.92 Å². The SMILES string of the molecule is CCOC(=O)C(C(=O)O)C1CCOC2(CCSC2)C1. The molecule has 3 atom stereocenters. The quantitative estimate of drug-likeness (QED) is 0.625. The lowest BCUT2D eigenvalue weighted by Crippen LogP contribution is -2.45. The molecular weight excluding hydrogens is 268 g/mol. The third kappa shape index (κ3) is 3.23. The van der Waals surface area contributed by atoms with Gasteiger partial charge < -0.3 is 14.6 Å². The van der Waals surface area contributed by atoms with Crippen LogP contribution in [-0.4, -0.2) is 47.4 Å². The second-order valence-corrected chi connectivity index (χ2v) is 6.26. The number of carboxylic acid groups (broad SMARTS) is 1. The van der Waals surface area contributed by atoms with Gasteiger partial charge in [0.25, 0.3) is 0 Å². The minimum Gasteiger partial charge on any atom is -0.481 e. The summed E-state index contributed by atoms with van der Waals surface area (Å²) in [5, 5.41) is 9.31. The molecule has 1 N–H and O–H groups in total. The van der Waals surface area contributed by atoms with Crippen LogP contribution in [-0.2, 0) is 19.1 Å². The molecule has 6 heteroatoms. The Labute approximate surface area is 117 Å². The van der Waals surface area contributed by atoms with Crippen LogP contribution < -0.4 is 0 Å². The predicted molar refractivity (Wildman–Crippen MR) is 71.1 cm³/mol. The van der Waals surface area contributed by atoms with E-state index >= 15 is 0 Å². The summed E-state index contributed by atoms with van der Waals surface area (Å²) in [6.07, 6.45) is 2.21. The summed E-state index contributed by atoms with van der Waals surface area (Å²) in [4.78, 5) is 23.2. The van der Waals surface area contributed by atoms with Gasteiger partial charge in [0.15, 0.2) is 5.92 Å². The standard InChI is InChI=1S/C13H20O5S/c1-2-17-12(16)10(11(14)15)9-3-5-18-13(7-9)4-6-19-8-13/h9-10H,2-8H2,1H3,(H,14,15). The average molecular weight is 288 g/mol. The first-order chi connectivity index (χ1) is 9.08. The van der Waals surface area contributed by atoms with Crippen LogP contribution in [0.3, 0.4) is 0 Å². The van der Waals surface area contributed by atoms with Crippen molar-refractivity contribution in [1.29, 1.82) is 0 Å². The van der Waals surface area contributed by atoms with Gasteiger partial charge >= 0.3 is 11.9 Å². The summed E-state index contributed by atoms with van der Waals surface area (Å²) in [5.41, 5.74) is -0.215. The normalized spacial score (nSPS) is 32.2. The van der Waals surface area contributed by atoms with Gasteiger partial charge in [-0.2, -0.15) is 11.8 Å². The Morgan fingerprint density at radius 1 is 1.58 bits per heavy atom. The summed E-state index contributed by atoms with van der Waals surface area (Å²) in [6, 6.07) is 0. The molecular formula is C13H20O5S. The van der Waals surface area contributed by atoms with Gasteiger partial charge in [-0.25, -0.2) is 0 Å². The van der Waals surface area contributed by atoms with E-state index in [1.807, 2.05) is 11.8 Å². The number of ether oxygens (including phenoxy) is 2. The van der Waals surface area contributed by atoms with E-state index in [1.165, 1.54) is 0 Å². The Hall–Kier alpha value is -0.750. The van der Waals surface area contributed by atoms with Crippen molar-refractivity contribution in [1.82, 2.24) is 0 Å². The molecule has 0 aromatic carbocycles. The predicted octanol–water partition coefficient (Wildman–Crippen LogP) is 1.55. The zero-order valence-corrected chi connectivity index (χ0v) is 11.9. The van der Waals surface area contributed by atoms with Gasteiger partial charge in [-0.15, -0.1) is 0 Å². The maximum Gasteiger partial charge on any atom is 0.320 e. The third-order valence-electron chi connectivity index (χ3n) is 3.88. The molecule has 19 heavy (non-hydrogen) atoms. The molecule has 5 nitrogen and oxygen atoms in total. The Morgan fingerprint density at radius 2 is 2.37 bits per heavy atom. The van der Waals surface area contributed by atoms with Crippen molar-refractivity contribution in [3.05, 3.63) is 0 Å². The fourth-order valence-corrected chi connectivity index (χ4v) is 4.32. The summed E-state index contributed by atoms with van der Waals surface area (Å²) in [7, 11) is 0. The van der Waals surface area contributed by atoms with Gasteiger partial charge in [-0.05, 0) is 37.9 Å². The number of aliphatic carboxylic acids is 1. The van der Waals surface area contributed by atoms with Crippen LogP contribution >= 0.6 is 11.8 Å². The lowest BCUT2D eigenvalue weighted by molar-refractivity contribution is -0.166. The highest BCUT2D eigenvalue weighted by molar-refractivity contribution is 7.99. The largest absolute Gasteiger partial charge is 0.481 e. The molecule has 1 spiro atoms. The van der Waals surface area contributed by atoms with Crippen LogP contribution in [0.25, 0.3) is 0 Å². The van der Waals surface area contributed by atoms with Crippen LogP contribution in [0.15, 0.2) is 0 Å². The smallest absolute Gasteiger partial charge is 0.320 e. The van der Waals surface area contributed by atoms with Crippen molar-refractivity contribution < 1.29 is 24.2 Å². The monoisotopic (exact) mass is 288 g/mol. The van der Waals surface area contributed by atoms with Gasteiger partial charge in [0, 0.05) is 12.4 Å². The van der Waals surface area contributed by atoms with Crippen molar-refractivity contribution >= 4 is 23.7 Å². The molecule has 2 aliphatic rings. The van der Waals surface area contributed by atoms with E-state index in [2.05, 4.69) is 0 Å². The summed E-state index contributed by atoms with van der Waals surface area (Å²) in [5.74, 6) is -0.966. The van der Waals surface area contributed by atoms with E-state index < -0.39 is 17.9 Å². The van der Waals surface area contributed by atoms with Gasteiger partial charge in [-0.1, -0.05) is 0 Å². The van der Waals surface area contributed by atoms with E-state index in [0.29, 0.717) is 19.4 Å². The minimum atomic E-state index is -1.08. The first-order valence-corrected chi connectivity index (χ1v) is 7.84. The van der Waals surface area contributed by atoms with Crippen LogP contribution in [0.5, 0.6) is 0 Å². The second kappa shape index (κ2) is 6.13. The zero-order valence-electron chi connectivity index (χ0n) is 11.1. The summed E-state index contributed by atoms with van der Waals surface area (Å²) < 4.78 is 10.8. The van der Waals surface area contributed by atoms with E-state index in [0.717, 1.165) is 17.9 Å². The number of esters is 1. The number of carbonyl (C=O) groups excluding carboxylic acids is 1. The van der Waals surface area contributed by atoms with E-state index in [4.69, 9.17) is 9.47 Å². The molecule has 0 aromatic heterocycles. The van der Waals surface area contributed by atoms with Gasteiger partial charge in [0.2, 0.25) is 0 Å². The fourth-order valence-electron chi connectivity index (χ4n) is 2.94. The maximum absolute atomic E-state index is 11.8. The molecule has 3 unspecified atom stereocenters. The van der Waals surface area contributed by atoms with Gasteiger partial charge in [0.05, 0.1) is 12.2 Å². The zero-order chi connectivity index (χ0) is 13.9. The highest BCUT2D eigenvalue weighted by atomic mass is 32.2. The van der Waals surface area contributed by atoms with E-state index in [9.17, 15) is 14.7 Å². The lowest BCUT2D eigenvalue weighted by atomic mass is 9.78. The van der Waals surface area contributed by atoms with Crippen molar-refractivity contribution in [2.75, 3.05) is 24.7 Å². The topological polar surface area (TPSA) is 72.8 Å². The Morgan fingerprint density at radius 3 is 2.95 bits per heavy atom. The highest BCUT2D eigenvalue weighted by Gasteiger charge is 2.46. The summed E-state index contributed by atoms with van der Waals surface area (Å²) in [6.45, 7) is 2.44. The molecule has 2 rings (SSSR count). The van der Waals surface area contributed by atoms with Crippen molar-refractivity contribution in [2.45, 2.75) is 31.8 Å². The maximum atomic E-state index is 11.8. The van der Waals surface area contributed by atoms with Crippen LogP contribution in [0, 0.1) is 11.8 Å². The Bertz CT molecular complexity index is 351. The van der Waals surface area contributed by atoms with Crippen molar-refractivity contribution in [3.63, 3.8) is 0 Å². The van der Waals surface area contributed by atoms with Crippen LogP contribution in [0.2, 0.25) is 0 Å². The lowest BCUT2D eigenvalue weighted by Gasteiger charge is -2.39. The number of hydrogen-bond acceptors (Lipinski definition) is 5. The number of carbonyl (C=O) groups is 2. The molecule has 2 saturated heterocycles. The average Bonchev–Trinajstić information content (AvgIpc) is 2.77. The highest BCUT2D eigenvalue weighted by Crippen LogP contribution is 2.42. The van der Waals surface area contributed by atoms with Gasteiger partial charge in [0.1, 0.15) is 0 Å². The molecule has 0 aliphatic carbocycles. The molecule has 2 aliphatic heterocycles. The molecule has 2 heterocycles. The minimum absolute atomic E-state index is 0.177. The Balaban J connectivity index is 2.08. The number of thioether (sulfide) groups is 1.